The van der Waals surface area contributed by atoms with Crippen molar-refractivity contribution in [3.63, 3.8) is 0 Å². The molecule has 0 fully saturated rings. The first-order chi connectivity index (χ1) is 10.4. The highest BCUT2D eigenvalue weighted by atomic mass is 16.5. The summed E-state index contributed by atoms with van der Waals surface area (Å²) in [4.78, 5) is 0. The molecule has 126 valence electrons. The average molecular weight is 297 g/mol. The van der Waals surface area contributed by atoms with Gasteiger partial charge in [0, 0.05) is 0 Å². The largest absolute Gasteiger partial charge is 0.502 e. The van der Waals surface area contributed by atoms with E-state index in [0.29, 0.717) is 0 Å². The molecule has 0 unspecified atom stereocenters. The van der Waals surface area contributed by atoms with E-state index in [1.54, 1.807) is 0 Å². The molecule has 0 bridgehead atoms. The van der Waals surface area contributed by atoms with Gasteiger partial charge >= 0.3 is 0 Å². The Kier molecular flexibility index (Phi) is 19.1. The second kappa shape index (κ2) is 19.5. The Labute approximate surface area is 134 Å². The van der Waals surface area contributed by atoms with E-state index in [1.807, 2.05) is 6.26 Å². The Morgan fingerprint density at radius 3 is 1.43 bits per heavy atom. The van der Waals surface area contributed by atoms with Crippen LogP contribution in [-0.2, 0) is 4.74 Å². The first kappa shape index (κ1) is 20.5. The van der Waals surface area contributed by atoms with E-state index >= 15 is 0 Å². The van der Waals surface area contributed by atoms with Crippen molar-refractivity contribution in [2.24, 2.45) is 0 Å². The molecule has 1 nitrogen and oxygen atoms in total. The third-order valence-corrected chi connectivity index (χ3v) is 4.04. The summed E-state index contributed by atoms with van der Waals surface area (Å²) in [7, 11) is 0. The van der Waals surface area contributed by atoms with Crippen LogP contribution in [0.3, 0.4) is 0 Å². The Morgan fingerprint density at radius 2 is 1.00 bits per heavy atom. The summed E-state index contributed by atoms with van der Waals surface area (Å²) >= 11 is 0. The Morgan fingerprint density at radius 1 is 0.571 bits per heavy atom. The number of hydrogen-bond acceptors (Lipinski definition) is 1. The Bertz CT molecular complexity index is 198. The molecule has 0 saturated heterocycles. The lowest BCUT2D eigenvalue weighted by molar-refractivity contribution is 0.239. The normalized spacial score (nSPS) is 11.3. The van der Waals surface area contributed by atoms with Crippen molar-refractivity contribution in [1.29, 1.82) is 0 Å². The molecule has 0 aliphatic heterocycles. The van der Waals surface area contributed by atoms with E-state index in [9.17, 15) is 0 Å². The molecule has 0 spiro atoms. The topological polar surface area (TPSA) is 9.23 Å². The highest BCUT2D eigenvalue weighted by molar-refractivity contribution is 4.70. The summed E-state index contributed by atoms with van der Waals surface area (Å²) in [5, 5.41) is 0. The van der Waals surface area contributed by atoms with Crippen LogP contribution in [-0.4, -0.2) is 6.61 Å². The predicted octanol–water partition coefficient (Wildman–Crippen LogP) is 7.41. The van der Waals surface area contributed by atoms with Crippen LogP contribution in [0.2, 0.25) is 0 Å². The van der Waals surface area contributed by atoms with Gasteiger partial charge in [0.15, 0.2) is 0 Å². The van der Waals surface area contributed by atoms with Crippen molar-refractivity contribution >= 4 is 0 Å². The summed E-state index contributed by atoms with van der Waals surface area (Å²) in [5.74, 6) is 0. The van der Waals surface area contributed by atoms with Gasteiger partial charge in [0.2, 0.25) is 0 Å². The van der Waals surface area contributed by atoms with Crippen LogP contribution in [0.15, 0.2) is 12.3 Å². The molecule has 0 aromatic heterocycles. The second-order valence-corrected chi connectivity index (χ2v) is 6.25. The summed E-state index contributed by atoms with van der Waals surface area (Å²) in [5.41, 5.74) is 0. The van der Waals surface area contributed by atoms with Crippen LogP contribution in [0.1, 0.15) is 110 Å². The van der Waals surface area contributed by atoms with E-state index in [-0.39, 0.29) is 0 Å². The Balaban J connectivity index is 2.95. The quantitative estimate of drug-likeness (QED) is 0.200. The van der Waals surface area contributed by atoms with Crippen LogP contribution in [0.5, 0.6) is 0 Å². The summed E-state index contributed by atoms with van der Waals surface area (Å²) in [6, 6.07) is 0. The smallest absolute Gasteiger partial charge is 0.0873 e. The molecule has 0 amide bonds. The van der Waals surface area contributed by atoms with Crippen LogP contribution in [0, 0.1) is 0 Å². The molecule has 0 rings (SSSR count). The summed E-state index contributed by atoms with van der Waals surface area (Å²) in [6.07, 6.45) is 24.8. The molecule has 0 saturated carbocycles. The van der Waals surface area contributed by atoms with Crippen LogP contribution >= 0.6 is 0 Å². The lowest BCUT2D eigenvalue weighted by atomic mass is 10.0. The van der Waals surface area contributed by atoms with Crippen molar-refractivity contribution < 1.29 is 4.74 Å². The molecule has 0 radical (unpaired) electrons. The molecule has 1 heteroatoms. The zero-order valence-corrected chi connectivity index (χ0v) is 14.9. The fourth-order valence-corrected chi connectivity index (χ4v) is 2.61. The number of ether oxygens (including phenoxy) is 1. The van der Waals surface area contributed by atoms with Gasteiger partial charge in [-0.05, 0) is 12.8 Å². The van der Waals surface area contributed by atoms with E-state index in [0.717, 1.165) is 13.0 Å². The minimum Gasteiger partial charge on any atom is -0.502 e. The third kappa shape index (κ3) is 19.5. The van der Waals surface area contributed by atoms with Crippen molar-refractivity contribution in [3.05, 3.63) is 12.3 Å². The van der Waals surface area contributed by atoms with Gasteiger partial charge < -0.3 is 4.74 Å². The van der Waals surface area contributed by atoms with Gasteiger partial charge in [0.05, 0.1) is 12.9 Å². The zero-order chi connectivity index (χ0) is 15.4. The number of unbranched alkanes of at least 4 members (excludes halogenated alkanes) is 13. The SMILES string of the molecule is CC/C=C/OCCCCCCCCCCCCCCCC. The van der Waals surface area contributed by atoms with Gasteiger partial charge in [-0.2, -0.15) is 0 Å². The van der Waals surface area contributed by atoms with Gasteiger partial charge in [-0.1, -0.05) is 103 Å². The van der Waals surface area contributed by atoms with E-state index in [2.05, 4.69) is 19.9 Å². The maximum absolute atomic E-state index is 5.40. The van der Waals surface area contributed by atoms with Crippen LogP contribution in [0.4, 0.5) is 0 Å². The maximum Gasteiger partial charge on any atom is 0.0873 e. The zero-order valence-electron chi connectivity index (χ0n) is 14.9. The van der Waals surface area contributed by atoms with Crippen LogP contribution in [0.25, 0.3) is 0 Å². The minimum absolute atomic E-state index is 0.897. The van der Waals surface area contributed by atoms with Gasteiger partial charge in [-0.3, -0.25) is 0 Å². The maximum atomic E-state index is 5.40. The fraction of sp³-hybridized carbons (Fsp3) is 0.900. The first-order valence-corrected chi connectivity index (χ1v) is 9.68. The average Bonchev–Trinajstić information content (AvgIpc) is 2.50. The molecule has 0 aromatic rings. The number of hydrogen-bond donors (Lipinski definition) is 0. The number of rotatable bonds is 17. The Hall–Kier alpha value is -0.460. The molecular formula is C20H40O. The number of allylic oxidation sites excluding steroid dienone is 1. The van der Waals surface area contributed by atoms with Crippen molar-refractivity contribution in [2.45, 2.75) is 110 Å². The summed E-state index contributed by atoms with van der Waals surface area (Å²) < 4.78 is 5.40. The highest BCUT2D eigenvalue weighted by Gasteiger charge is 1.94. The van der Waals surface area contributed by atoms with Crippen molar-refractivity contribution in [2.75, 3.05) is 6.61 Å². The van der Waals surface area contributed by atoms with Gasteiger partial charge in [0.25, 0.3) is 0 Å². The predicted molar refractivity (Wildman–Crippen MR) is 95.7 cm³/mol. The van der Waals surface area contributed by atoms with E-state index in [4.69, 9.17) is 4.74 Å². The van der Waals surface area contributed by atoms with Crippen molar-refractivity contribution in [1.82, 2.24) is 0 Å². The standard InChI is InChI=1S/C20H40O/c1-3-5-7-8-9-10-11-12-13-14-15-16-17-18-20-21-19-6-4-2/h6,19H,3-5,7-18,20H2,1-2H3/b19-6+. The summed E-state index contributed by atoms with van der Waals surface area (Å²) in [6.45, 7) is 5.32. The molecule has 21 heavy (non-hydrogen) atoms. The lowest BCUT2D eigenvalue weighted by Gasteiger charge is -2.03. The third-order valence-electron chi connectivity index (χ3n) is 4.04. The molecular weight excluding hydrogens is 256 g/mol. The fourth-order valence-electron chi connectivity index (χ4n) is 2.61. The molecule has 0 atom stereocenters. The first-order valence-electron chi connectivity index (χ1n) is 9.68. The molecule has 0 aliphatic rings. The highest BCUT2D eigenvalue weighted by Crippen LogP contribution is 2.12. The minimum atomic E-state index is 0.897. The monoisotopic (exact) mass is 296 g/mol. The molecule has 0 heterocycles. The molecule has 0 N–H and O–H groups in total. The van der Waals surface area contributed by atoms with E-state index < -0.39 is 0 Å². The molecule has 0 aromatic carbocycles. The second-order valence-electron chi connectivity index (χ2n) is 6.25. The molecule has 0 aliphatic carbocycles. The van der Waals surface area contributed by atoms with Crippen LogP contribution < -0.4 is 0 Å². The van der Waals surface area contributed by atoms with Crippen molar-refractivity contribution in [3.8, 4) is 0 Å². The van der Waals surface area contributed by atoms with E-state index in [1.165, 1.54) is 89.9 Å². The van der Waals surface area contributed by atoms with Gasteiger partial charge in [0.1, 0.15) is 0 Å². The van der Waals surface area contributed by atoms with Gasteiger partial charge in [-0.15, -0.1) is 0 Å². The van der Waals surface area contributed by atoms with Gasteiger partial charge in [-0.25, -0.2) is 0 Å². The lowest BCUT2D eigenvalue weighted by Crippen LogP contribution is -1.88.